The van der Waals surface area contributed by atoms with E-state index in [0.29, 0.717) is 11.8 Å². The van der Waals surface area contributed by atoms with E-state index in [2.05, 4.69) is 56.0 Å². The fraction of sp³-hybridized carbons (Fsp3) is 0.312. The molecule has 21 heavy (non-hydrogen) atoms. The van der Waals surface area contributed by atoms with E-state index in [1.807, 2.05) is 30.3 Å². The maximum absolute atomic E-state index is 5.88. The van der Waals surface area contributed by atoms with Gasteiger partial charge in [0.25, 0.3) is 0 Å². The van der Waals surface area contributed by atoms with Crippen molar-refractivity contribution in [2.24, 2.45) is 5.92 Å². The molecule has 0 bridgehead atoms. The zero-order chi connectivity index (χ0) is 15.2. The van der Waals surface area contributed by atoms with E-state index in [4.69, 9.17) is 4.74 Å². The Hall–Kier alpha value is -0.910. The molecule has 0 spiro atoms. The van der Waals surface area contributed by atoms with E-state index in [9.17, 15) is 0 Å². The molecule has 0 fully saturated rings. The monoisotopic (exact) mass is 412 g/mol. The van der Waals surface area contributed by atoms with Crippen molar-refractivity contribution in [1.82, 2.24) is 10.3 Å². The highest BCUT2D eigenvalue weighted by molar-refractivity contribution is 9.10. The lowest BCUT2D eigenvalue weighted by Crippen LogP contribution is -2.19. The Kier molecular flexibility index (Phi) is 6.21. The van der Waals surface area contributed by atoms with Gasteiger partial charge in [-0.05, 0) is 58.7 Å². The quantitative estimate of drug-likeness (QED) is 0.711. The van der Waals surface area contributed by atoms with Gasteiger partial charge in [0.2, 0.25) is 5.88 Å². The van der Waals surface area contributed by atoms with Crippen molar-refractivity contribution < 1.29 is 4.74 Å². The van der Waals surface area contributed by atoms with Crippen LogP contribution in [-0.2, 0) is 6.54 Å². The molecule has 0 atom stereocenters. The van der Waals surface area contributed by atoms with E-state index < -0.39 is 0 Å². The molecule has 0 aliphatic heterocycles. The van der Waals surface area contributed by atoms with Gasteiger partial charge in [-0.25, -0.2) is 4.98 Å². The van der Waals surface area contributed by atoms with Crippen LogP contribution in [0, 0.1) is 5.92 Å². The molecular formula is C16H18Br2N2O. The first kappa shape index (κ1) is 16.5. The topological polar surface area (TPSA) is 34.2 Å². The van der Waals surface area contributed by atoms with Gasteiger partial charge in [-0.3, -0.25) is 0 Å². The summed E-state index contributed by atoms with van der Waals surface area (Å²) in [4.78, 5) is 4.37. The standard InChI is InChI=1S/C16H18Br2N2O/c1-11(2)8-19-9-12-7-14(18)10-20-16(12)21-15-5-3-13(17)4-6-15/h3-7,10-11,19H,8-9H2,1-2H3. The summed E-state index contributed by atoms with van der Waals surface area (Å²) >= 11 is 6.88. The fourth-order valence-electron chi connectivity index (χ4n) is 1.80. The van der Waals surface area contributed by atoms with Gasteiger partial charge in [0.1, 0.15) is 5.75 Å². The van der Waals surface area contributed by atoms with Crippen molar-refractivity contribution in [3.8, 4) is 11.6 Å². The average Bonchev–Trinajstić information content (AvgIpc) is 2.43. The number of nitrogens with zero attached hydrogens (tertiary/aromatic N) is 1. The molecule has 0 radical (unpaired) electrons. The van der Waals surface area contributed by atoms with Gasteiger partial charge in [-0.1, -0.05) is 29.8 Å². The molecule has 0 saturated heterocycles. The molecular weight excluding hydrogens is 396 g/mol. The Labute approximate surface area is 142 Å². The van der Waals surface area contributed by atoms with Crippen LogP contribution in [0.3, 0.4) is 0 Å². The summed E-state index contributed by atoms with van der Waals surface area (Å²) in [5.74, 6) is 2.02. The highest BCUT2D eigenvalue weighted by atomic mass is 79.9. The summed E-state index contributed by atoms with van der Waals surface area (Å²) < 4.78 is 7.86. The summed E-state index contributed by atoms with van der Waals surface area (Å²) in [7, 11) is 0. The summed E-state index contributed by atoms with van der Waals surface area (Å²) in [6.07, 6.45) is 1.75. The Morgan fingerprint density at radius 3 is 2.52 bits per heavy atom. The van der Waals surface area contributed by atoms with Crippen LogP contribution in [0.5, 0.6) is 11.6 Å². The van der Waals surface area contributed by atoms with Gasteiger partial charge in [-0.2, -0.15) is 0 Å². The van der Waals surface area contributed by atoms with Crippen molar-refractivity contribution >= 4 is 31.9 Å². The van der Waals surface area contributed by atoms with E-state index in [0.717, 1.165) is 33.3 Å². The molecule has 112 valence electrons. The minimum atomic E-state index is 0.612. The second kappa shape index (κ2) is 7.92. The van der Waals surface area contributed by atoms with Crippen molar-refractivity contribution in [3.63, 3.8) is 0 Å². The van der Waals surface area contributed by atoms with Crippen LogP contribution >= 0.6 is 31.9 Å². The highest BCUT2D eigenvalue weighted by Gasteiger charge is 2.08. The molecule has 0 unspecified atom stereocenters. The number of rotatable bonds is 6. The highest BCUT2D eigenvalue weighted by Crippen LogP contribution is 2.26. The molecule has 1 N–H and O–H groups in total. The van der Waals surface area contributed by atoms with Gasteiger partial charge < -0.3 is 10.1 Å². The minimum absolute atomic E-state index is 0.612. The molecule has 2 rings (SSSR count). The molecule has 0 aliphatic rings. The molecule has 5 heteroatoms. The van der Waals surface area contributed by atoms with Gasteiger partial charge in [0, 0.05) is 27.3 Å². The molecule has 2 aromatic rings. The van der Waals surface area contributed by atoms with Crippen LogP contribution in [0.25, 0.3) is 0 Å². The number of benzene rings is 1. The van der Waals surface area contributed by atoms with Crippen LogP contribution in [0.2, 0.25) is 0 Å². The number of hydrogen-bond donors (Lipinski definition) is 1. The van der Waals surface area contributed by atoms with E-state index in [1.54, 1.807) is 6.20 Å². The Morgan fingerprint density at radius 2 is 1.86 bits per heavy atom. The molecule has 0 aliphatic carbocycles. The van der Waals surface area contributed by atoms with Crippen LogP contribution in [-0.4, -0.2) is 11.5 Å². The third-order valence-corrected chi connectivity index (χ3v) is 3.75. The van der Waals surface area contributed by atoms with Crippen LogP contribution in [0.1, 0.15) is 19.4 Å². The third kappa shape index (κ3) is 5.41. The van der Waals surface area contributed by atoms with Crippen molar-refractivity contribution in [3.05, 3.63) is 51.0 Å². The average molecular weight is 414 g/mol. The number of hydrogen-bond acceptors (Lipinski definition) is 3. The first-order chi connectivity index (χ1) is 10.0. The van der Waals surface area contributed by atoms with Crippen LogP contribution in [0.15, 0.2) is 45.5 Å². The van der Waals surface area contributed by atoms with E-state index >= 15 is 0 Å². The lowest BCUT2D eigenvalue weighted by Gasteiger charge is -2.12. The van der Waals surface area contributed by atoms with E-state index in [1.165, 1.54) is 0 Å². The number of pyridine rings is 1. The zero-order valence-corrected chi connectivity index (χ0v) is 15.2. The van der Waals surface area contributed by atoms with Crippen molar-refractivity contribution in [2.75, 3.05) is 6.54 Å². The summed E-state index contributed by atoms with van der Waals surface area (Å²) in [6, 6.07) is 9.77. The SMILES string of the molecule is CC(C)CNCc1cc(Br)cnc1Oc1ccc(Br)cc1. The number of aromatic nitrogens is 1. The number of nitrogens with one attached hydrogen (secondary N) is 1. The summed E-state index contributed by atoms with van der Waals surface area (Å²) in [6.45, 7) is 6.07. The summed E-state index contributed by atoms with van der Waals surface area (Å²) in [5, 5.41) is 3.42. The Bertz CT molecular complexity index is 585. The molecule has 1 heterocycles. The van der Waals surface area contributed by atoms with Crippen LogP contribution < -0.4 is 10.1 Å². The summed E-state index contributed by atoms with van der Waals surface area (Å²) in [5.41, 5.74) is 1.04. The molecule has 1 aromatic carbocycles. The second-order valence-electron chi connectivity index (χ2n) is 5.20. The van der Waals surface area contributed by atoms with Crippen LogP contribution in [0.4, 0.5) is 0 Å². The lowest BCUT2D eigenvalue weighted by molar-refractivity contribution is 0.450. The predicted molar refractivity (Wildman–Crippen MR) is 92.7 cm³/mol. The normalized spacial score (nSPS) is 10.9. The Balaban J connectivity index is 2.12. The number of halogens is 2. The minimum Gasteiger partial charge on any atom is -0.439 e. The van der Waals surface area contributed by atoms with Gasteiger partial charge in [0.05, 0.1) is 0 Å². The molecule has 3 nitrogen and oxygen atoms in total. The first-order valence-electron chi connectivity index (χ1n) is 6.83. The molecule has 0 saturated carbocycles. The van der Waals surface area contributed by atoms with Crippen molar-refractivity contribution in [1.29, 1.82) is 0 Å². The van der Waals surface area contributed by atoms with Gasteiger partial charge in [-0.15, -0.1) is 0 Å². The second-order valence-corrected chi connectivity index (χ2v) is 7.03. The Morgan fingerprint density at radius 1 is 1.14 bits per heavy atom. The zero-order valence-electron chi connectivity index (χ0n) is 12.1. The third-order valence-electron chi connectivity index (χ3n) is 2.79. The maximum Gasteiger partial charge on any atom is 0.223 e. The number of ether oxygens (including phenoxy) is 1. The predicted octanol–water partition coefficient (Wildman–Crippen LogP) is 5.14. The lowest BCUT2D eigenvalue weighted by atomic mass is 10.2. The maximum atomic E-state index is 5.88. The smallest absolute Gasteiger partial charge is 0.223 e. The first-order valence-corrected chi connectivity index (χ1v) is 8.42. The van der Waals surface area contributed by atoms with E-state index in [-0.39, 0.29) is 0 Å². The molecule has 1 aromatic heterocycles. The van der Waals surface area contributed by atoms with Gasteiger partial charge in [0.15, 0.2) is 0 Å². The fourth-order valence-corrected chi connectivity index (χ4v) is 2.44. The van der Waals surface area contributed by atoms with Gasteiger partial charge >= 0.3 is 0 Å². The van der Waals surface area contributed by atoms with Crippen molar-refractivity contribution in [2.45, 2.75) is 20.4 Å². The molecule has 0 amide bonds. The largest absolute Gasteiger partial charge is 0.439 e.